The van der Waals surface area contributed by atoms with Gasteiger partial charge in [0.05, 0.1) is 6.10 Å². The molecule has 2 N–H and O–H groups in total. The van der Waals surface area contributed by atoms with Crippen molar-refractivity contribution in [2.75, 3.05) is 6.54 Å². The summed E-state index contributed by atoms with van der Waals surface area (Å²) < 4.78 is 26.3. The second-order valence-corrected chi connectivity index (χ2v) is 6.17. The van der Waals surface area contributed by atoms with E-state index in [9.17, 15) is 13.9 Å². The van der Waals surface area contributed by atoms with Crippen LogP contribution in [0.3, 0.4) is 0 Å². The Morgan fingerprint density at radius 3 is 2.65 bits per heavy atom. The van der Waals surface area contributed by atoms with Crippen LogP contribution in [0.15, 0.2) is 42.5 Å². The molecule has 0 radical (unpaired) electrons. The molecule has 0 heterocycles. The van der Waals surface area contributed by atoms with Crippen molar-refractivity contribution in [1.29, 1.82) is 0 Å². The van der Waals surface area contributed by atoms with Crippen LogP contribution in [-0.4, -0.2) is 17.8 Å². The van der Waals surface area contributed by atoms with E-state index in [4.69, 9.17) is 0 Å². The van der Waals surface area contributed by atoms with E-state index in [1.54, 1.807) is 0 Å². The largest absolute Gasteiger partial charge is 0.392 e. The standard InChI is InChI=1S/C19H21F2NO/c20-15-9-13(10-16(21)11-15)5-7-17(23)12-22-19-8-6-14-3-1-2-4-18(14)19/h1-4,9-11,17,19,22-23H,5-8,12H2/t17-,19-/m1/s1. The van der Waals surface area contributed by atoms with E-state index in [0.29, 0.717) is 24.9 Å². The summed E-state index contributed by atoms with van der Waals surface area (Å²) in [5.74, 6) is -1.15. The Morgan fingerprint density at radius 1 is 1.13 bits per heavy atom. The number of hydrogen-bond donors (Lipinski definition) is 2. The minimum Gasteiger partial charge on any atom is -0.392 e. The maximum Gasteiger partial charge on any atom is 0.126 e. The summed E-state index contributed by atoms with van der Waals surface area (Å²) in [5.41, 5.74) is 3.26. The van der Waals surface area contributed by atoms with E-state index in [0.717, 1.165) is 18.9 Å². The number of aryl methyl sites for hydroxylation is 2. The number of fused-ring (bicyclic) bond motifs is 1. The number of aliphatic hydroxyl groups excluding tert-OH is 1. The molecule has 2 nitrogen and oxygen atoms in total. The lowest BCUT2D eigenvalue weighted by Gasteiger charge is -2.17. The summed E-state index contributed by atoms with van der Waals surface area (Å²) in [6.07, 6.45) is 2.51. The lowest BCUT2D eigenvalue weighted by molar-refractivity contribution is 0.157. The Hall–Kier alpha value is -1.78. The fourth-order valence-electron chi connectivity index (χ4n) is 3.24. The van der Waals surface area contributed by atoms with E-state index in [2.05, 4.69) is 17.4 Å². The van der Waals surface area contributed by atoms with Crippen molar-refractivity contribution in [1.82, 2.24) is 5.32 Å². The van der Waals surface area contributed by atoms with Gasteiger partial charge in [-0.3, -0.25) is 0 Å². The highest BCUT2D eigenvalue weighted by Gasteiger charge is 2.21. The summed E-state index contributed by atoms with van der Waals surface area (Å²) >= 11 is 0. The van der Waals surface area contributed by atoms with Crippen LogP contribution in [0, 0.1) is 11.6 Å². The van der Waals surface area contributed by atoms with Gasteiger partial charge in [0.1, 0.15) is 11.6 Å². The zero-order valence-corrected chi connectivity index (χ0v) is 12.9. The van der Waals surface area contributed by atoms with Crippen molar-refractivity contribution in [2.24, 2.45) is 0 Å². The molecule has 2 aromatic rings. The van der Waals surface area contributed by atoms with Crippen molar-refractivity contribution in [2.45, 2.75) is 37.8 Å². The molecule has 0 saturated carbocycles. The molecule has 0 saturated heterocycles. The van der Waals surface area contributed by atoms with Gasteiger partial charge in [-0.1, -0.05) is 24.3 Å². The summed E-state index contributed by atoms with van der Waals surface area (Å²) in [4.78, 5) is 0. The SMILES string of the molecule is O[C@H](CCc1cc(F)cc(F)c1)CN[C@@H]1CCc2ccccc21. The maximum absolute atomic E-state index is 13.1. The van der Waals surface area contributed by atoms with Crippen molar-refractivity contribution in [3.05, 3.63) is 70.8 Å². The Kier molecular flexibility index (Phi) is 5.03. The molecule has 0 unspecified atom stereocenters. The van der Waals surface area contributed by atoms with E-state index >= 15 is 0 Å². The van der Waals surface area contributed by atoms with Gasteiger partial charge in [0.2, 0.25) is 0 Å². The molecule has 0 aliphatic heterocycles. The molecule has 122 valence electrons. The number of benzene rings is 2. The Bertz CT molecular complexity index is 654. The van der Waals surface area contributed by atoms with Crippen LogP contribution in [0.2, 0.25) is 0 Å². The topological polar surface area (TPSA) is 32.3 Å². The molecule has 23 heavy (non-hydrogen) atoms. The first-order chi connectivity index (χ1) is 11.1. The number of rotatable bonds is 6. The number of aliphatic hydroxyl groups is 1. The molecule has 3 rings (SSSR count). The highest BCUT2D eigenvalue weighted by Crippen LogP contribution is 2.30. The highest BCUT2D eigenvalue weighted by molar-refractivity contribution is 5.34. The van der Waals surface area contributed by atoms with Crippen LogP contribution in [0.5, 0.6) is 0 Å². The molecular weight excluding hydrogens is 296 g/mol. The van der Waals surface area contributed by atoms with Crippen molar-refractivity contribution in [3.8, 4) is 0 Å². The molecular formula is C19H21F2NO. The smallest absolute Gasteiger partial charge is 0.126 e. The maximum atomic E-state index is 13.1. The number of hydrogen-bond acceptors (Lipinski definition) is 2. The molecule has 1 aliphatic rings. The third kappa shape index (κ3) is 4.15. The van der Waals surface area contributed by atoms with Gasteiger partial charge in [-0.2, -0.15) is 0 Å². The van der Waals surface area contributed by atoms with Crippen molar-refractivity contribution < 1.29 is 13.9 Å². The average Bonchev–Trinajstić information content (AvgIpc) is 2.93. The molecule has 2 atom stereocenters. The van der Waals surface area contributed by atoms with Crippen LogP contribution >= 0.6 is 0 Å². The monoisotopic (exact) mass is 317 g/mol. The molecule has 0 fully saturated rings. The van der Waals surface area contributed by atoms with Crippen molar-refractivity contribution in [3.63, 3.8) is 0 Å². The zero-order valence-electron chi connectivity index (χ0n) is 12.9. The van der Waals surface area contributed by atoms with Gasteiger partial charge in [0.15, 0.2) is 0 Å². The number of halogens is 2. The third-order valence-electron chi connectivity index (χ3n) is 4.42. The lowest BCUT2D eigenvalue weighted by Crippen LogP contribution is -2.29. The van der Waals surface area contributed by atoms with Crippen LogP contribution in [0.25, 0.3) is 0 Å². The van der Waals surface area contributed by atoms with Crippen LogP contribution in [0.1, 0.15) is 35.6 Å². The predicted molar refractivity (Wildman–Crippen MR) is 86.2 cm³/mol. The van der Waals surface area contributed by atoms with Gasteiger partial charge >= 0.3 is 0 Å². The highest BCUT2D eigenvalue weighted by atomic mass is 19.1. The van der Waals surface area contributed by atoms with E-state index in [1.807, 2.05) is 12.1 Å². The average molecular weight is 317 g/mol. The molecule has 1 aliphatic carbocycles. The van der Waals surface area contributed by atoms with Crippen LogP contribution in [-0.2, 0) is 12.8 Å². The minimum atomic E-state index is -0.574. The molecule has 2 aromatic carbocycles. The van der Waals surface area contributed by atoms with E-state index < -0.39 is 17.7 Å². The van der Waals surface area contributed by atoms with Gasteiger partial charge < -0.3 is 10.4 Å². The fourth-order valence-corrected chi connectivity index (χ4v) is 3.24. The first kappa shape index (κ1) is 16.1. The van der Waals surface area contributed by atoms with Gasteiger partial charge in [-0.25, -0.2) is 8.78 Å². The first-order valence-corrected chi connectivity index (χ1v) is 8.06. The fraction of sp³-hybridized carbons (Fsp3) is 0.368. The van der Waals surface area contributed by atoms with Gasteiger partial charge in [-0.15, -0.1) is 0 Å². The predicted octanol–water partition coefficient (Wildman–Crippen LogP) is 3.54. The third-order valence-corrected chi connectivity index (χ3v) is 4.42. The second-order valence-electron chi connectivity index (χ2n) is 6.17. The molecule has 0 bridgehead atoms. The molecule has 4 heteroatoms. The van der Waals surface area contributed by atoms with E-state index in [-0.39, 0.29) is 6.04 Å². The Morgan fingerprint density at radius 2 is 1.87 bits per heavy atom. The van der Waals surface area contributed by atoms with Crippen LogP contribution < -0.4 is 5.32 Å². The summed E-state index contributed by atoms with van der Waals surface area (Å²) in [6, 6.07) is 12.1. The number of nitrogens with one attached hydrogen (secondary N) is 1. The minimum absolute atomic E-state index is 0.285. The van der Waals surface area contributed by atoms with Gasteiger partial charge in [0, 0.05) is 18.7 Å². The van der Waals surface area contributed by atoms with E-state index in [1.165, 1.54) is 23.3 Å². The lowest BCUT2D eigenvalue weighted by atomic mass is 10.1. The molecule has 0 spiro atoms. The van der Waals surface area contributed by atoms with Crippen molar-refractivity contribution >= 4 is 0 Å². The molecule has 0 aromatic heterocycles. The zero-order chi connectivity index (χ0) is 16.2. The van der Waals surface area contributed by atoms with Crippen LogP contribution in [0.4, 0.5) is 8.78 Å². The summed E-state index contributed by atoms with van der Waals surface area (Å²) in [6.45, 7) is 0.483. The van der Waals surface area contributed by atoms with Gasteiger partial charge in [-0.05, 0) is 54.5 Å². The summed E-state index contributed by atoms with van der Waals surface area (Å²) in [5, 5.41) is 13.5. The normalized spacial score (nSPS) is 18.0. The first-order valence-electron chi connectivity index (χ1n) is 8.06. The van der Waals surface area contributed by atoms with Gasteiger partial charge in [0.25, 0.3) is 0 Å². The molecule has 0 amide bonds. The quantitative estimate of drug-likeness (QED) is 0.854. The Labute approximate surface area is 135 Å². The second kappa shape index (κ2) is 7.20. The Balaban J connectivity index is 1.48. The summed E-state index contributed by atoms with van der Waals surface area (Å²) in [7, 11) is 0.